The first-order chi connectivity index (χ1) is 5.25. The van der Waals surface area contributed by atoms with E-state index < -0.39 is 17.9 Å². The molecule has 0 fully saturated rings. The van der Waals surface area contributed by atoms with Crippen molar-refractivity contribution in [3.05, 3.63) is 0 Å². The highest BCUT2D eigenvalue weighted by Gasteiger charge is 2.32. The van der Waals surface area contributed by atoms with E-state index in [9.17, 15) is 9.59 Å². The summed E-state index contributed by atoms with van der Waals surface area (Å²) in [6.07, 6.45) is 1.13. The Kier molecular flexibility index (Phi) is 2.20. The zero-order chi connectivity index (χ0) is 8.27. The van der Waals surface area contributed by atoms with Gasteiger partial charge in [-0.2, -0.15) is 0 Å². The number of carbonyl (C=O) groups excluding carboxylic acids is 2. The smallest absolute Gasteiger partial charge is 0.354 e. The number of nitrogens with zero attached hydrogens (tertiary/aromatic N) is 1. The number of hydrogen-bond donors (Lipinski definition) is 0. The third-order valence-corrected chi connectivity index (χ3v) is 1.15. The molecule has 0 saturated carbocycles. The van der Waals surface area contributed by atoms with Gasteiger partial charge in [0.25, 0.3) is 0 Å². The highest BCUT2D eigenvalue weighted by molar-refractivity contribution is 6.10. The minimum Gasteiger partial charge on any atom is -0.465 e. The van der Waals surface area contributed by atoms with E-state index in [1.807, 2.05) is 0 Å². The number of carbonyl (C=O) groups is 2. The molecule has 0 amide bonds. The minimum atomic E-state index is -0.963. The van der Waals surface area contributed by atoms with Crippen molar-refractivity contribution in [3.63, 3.8) is 0 Å². The van der Waals surface area contributed by atoms with Crippen molar-refractivity contribution in [1.29, 1.82) is 0 Å². The largest absolute Gasteiger partial charge is 0.465 e. The summed E-state index contributed by atoms with van der Waals surface area (Å²) in [4.78, 5) is 25.6. The van der Waals surface area contributed by atoms with E-state index in [0.29, 0.717) is 0 Å². The maximum absolute atomic E-state index is 10.8. The van der Waals surface area contributed by atoms with Crippen molar-refractivity contribution < 1.29 is 19.2 Å². The molecular weight excluding hydrogens is 150 g/mol. The molecule has 1 aliphatic heterocycles. The number of hydrogen-bond acceptors (Lipinski definition) is 5. The molecule has 0 aromatic carbocycles. The fourth-order valence-corrected chi connectivity index (χ4v) is 0.650. The second kappa shape index (κ2) is 3.14. The molecule has 11 heavy (non-hydrogen) atoms. The molecule has 1 atom stereocenters. The van der Waals surface area contributed by atoms with E-state index in [-0.39, 0.29) is 6.61 Å². The average molecular weight is 157 g/mol. The van der Waals surface area contributed by atoms with Gasteiger partial charge >= 0.3 is 11.9 Å². The van der Waals surface area contributed by atoms with Crippen molar-refractivity contribution in [1.82, 2.24) is 0 Å². The van der Waals surface area contributed by atoms with Crippen LogP contribution in [0.1, 0.15) is 6.92 Å². The number of rotatable bonds is 2. The molecule has 1 aliphatic rings. The quantitative estimate of drug-likeness (QED) is 0.314. The number of esters is 1. The fraction of sp³-hybridized carbons (Fsp3) is 0.500. The van der Waals surface area contributed by atoms with Gasteiger partial charge in [0.15, 0.2) is 5.92 Å². The van der Waals surface area contributed by atoms with E-state index in [0.717, 1.165) is 6.21 Å². The summed E-state index contributed by atoms with van der Waals surface area (Å²) in [5, 5.41) is 3.17. The standard InChI is InChI=1S/C6H7NO4/c1-2-10-5(8)4-3-7-11-6(4)9/h3-4H,2H2,1H3/t4-/m0/s1. The van der Waals surface area contributed by atoms with Gasteiger partial charge in [0, 0.05) is 0 Å². The summed E-state index contributed by atoms with van der Waals surface area (Å²) >= 11 is 0. The van der Waals surface area contributed by atoms with Gasteiger partial charge in [-0.3, -0.25) is 4.79 Å². The zero-order valence-electron chi connectivity index (χ0n) is 5.94. The molecular formula is C6H7NO4. The normalized spacial score (nSPS) is 21.5. The van der Waals surface area contributed by atoms with Gasteiger partial charge in [-0.1, -0.05) is 5.16 Å². The predicted octanol–water partition coefficient (Wildman–Crippen LogP) is -0.292. The third kappa shape index (κ3) is 1.54. The molecule has 0 aliphatic carbocycles. The summed E-state index contributed by atoms with van der Waals surface area (Å²) in [5.74, 6) is -2.25. The first-order valence-electron chi connectivity index (χ1n) is 3.16. The monoisotopic (exact) mass is 157 g/mol. The first-order valence-corrected chi connectivity index (χ1v) is 3.16. The van der Waals surface area contributed by atoms with Gasteiger partial charge in [0.1, 0.15) is 0 Å². The van der Waals surface area contributed by atoms with Crippen LogP contribution in [0.25, 0.3) is 0 Å². The van der Waals surface area contributed by atoms with Crippen LogP contribution >= 0.6 is 0 Å². The predicted molar refractivity (Wildman–Crippen MR) is 34.7 cm³/mol. The Labute approximate surface area is 63.0 Å². The molecule has 0 radical (unpaired) electrons. The van der Waals surface area contributed by atoms with Crippen molar-refractivity contribution in [2.45, 2.75) is 6.92 Å². The molecule has 1 rings (SSSR count). The lowest BCUT2D eigenvalue weighted by atomic mass is 10.2. The van der Waals surface area contributed by atoms with E-state index in [1.165, 1.54) is 0 Å². The van der Waals surface area contributed by atoms with Crippen LogP contribution < -0.4 is 0 Å². The zero-order valence-corrected chi connectivity index (χ0v) is 5.94. The van der Waals surface area contributed by atoms with Crippen LogP contribution in [0.15, 0.2) is 5.16 Å². The third-order valence-electron chi connectivity index (χ3n) is 1.15. The number of ether oxygens (including phenoxy) is 1. The first kappa shape index (κ1) is 7.71. The van der Waals surface area contributed by atoms with Gasteiger partial charge in [-0.25, -0.2) is 4.79 Å². The minimum absolute atomic E-state index is 0.246. The highest BCUT2D eigenvalue weighted by Crippen LogP contribution is 2.06. The SMILES string of the molecule is CCOC(=O)[C@@H]1C=NOC1=O. The van der Waals surface area contributed by atoms with Crippen molar-refractivity contribution in [3.8, 4) is 0 Å². The van der Waals surface area contributed by atoms with Crippen molar-refractivity contribution in [2.75, 3.05) is 6.61 Å². The lowest BCUT2D eigenvalue weighted by Gasteiger charge is -2.01. The lowest BCUT2D eigenvalue weighted by molar-refractivity contribution is -0.155. The Morgan fingerprint density at radius 1 is 1.91 bits per heavy atom. The molecule has 0 unspecified atom stereocenters. The van der Waals surface area contributed by atoms with E-state index in [4.69, 9.17) is 0 Å². The Balaban J connectivity index is 2.53. The summed E-state index contributed by atoms with van der Waals surface area (Å²) in [6.45, 7) is 1.91. The van der Waals surface area contributed by atoms with Crippen LogP contribution in [0.3, 0.4) is 0 Å². The molecule has 5 heteroatoms. The van der Waals surface area contributed by atoms with Crippen LogP contribution in [-0.2, 0) is 19.2 Å². The van der Waals surface area contributed by atoms with Gasteiger partial charge in [-0.05, 0) is 6.92 Å². The summed E-state index contributed by atoms with van der Waals surface area (Å²) in [7, 11) is 0. The van der Waals surface area contributed by atoms with Crippen molar-refractivity contribution >= 4 is 18.2 Å². The van der Waals surface area contributed by atoms with Crippen LogP contribution in [0.5, 0.6) is 0 Å². The van der Waals surface area contributed by atoms with Gasteiger partial charge in [0.05, 0.1) is 12.8 Å². The van der Waals surface area contributed by atoms with Gasteiger partial charge in [0.2, 0.25) is 0 Å². The maximum Gasteiger partial charge on any atom is 0.354 e. The maximum atomic E-state index is 10.8. The molecule has 0 spiro atoms. The molecule has 0 aromatic heterocycles. The molecule has 1 heterocycles. The topological polar surface area (TPSA) is 65.0 Å². The summed E-state index contributed by atoms with van der Waals surface area (Å²) in [5.41, 5.74) is 0. The fourth-order valence-electron chi connectivity index (χ4n) is 0.650. The molecule has 0 aromatic rings. The Bertz CT molecular complexity index is 211. The summed E-state index contributed by atoms with van der Waals surface area (Å²) in [6, 6.07) is 0. The molecule has 0 N–H and O–H groups in total. The Morgan fingerprint density at radius 2 is 2.64 bits per heavy atom. The van der Waals surface area contributed by atoms with E-state index in [2.05, 4.69) is 14.7 Å². The van der Waals surface area contributed by atoms with Crippen LogP contribution in [0, 0.1) is 5.92 Å². The van der Waals surface area contributed by atoms with Crippen LogP contribution in [-0.4, -0.2) is 24.8 Å². The number of oxime groups is 1. The van der Waals surface area contributed by atoms with E-state index >= 15 is 0 Å². The average Bonchev–Trinajstić information content (AvgIpc) is 2.36. The van der Waals surface area contributed by atoms with Gasteiger partial charge in [-0.15, -0.1) is 0 Å². The second-order valence-corrected chi connectivity index (χ2v) is 1.89. The second-order valence-electron chi connectivity index (χ2n) is 1.89. The highest BCUT2D eigenvalue weighted by atomic mass is 16.7. The molecule has 0 saturated heterocycles. The Hall–Kier alpha value is -1.39. The molecule has 60 valence electrons. The molecule has 5 nitrogen and oxygen atoms in total. The van der Waals surface area contributed by atoms with Gasteiger partial charge < -0.3 is 9.57 Å². The summed E-state index contributed by atoms with van der Waals surface area (Å²) < 4.78 is 4.57. The van der Waals surface area contributed by atoms with Crippen molar-refractivity contribution in [2.24, 2.45) is 11.1 Å². The molecule has 0 bridgehead atoms. The lowest BCUT2D eigenvalue weighted by Crippen LogP contribution is -2.24. The van der Waals surface area contributed by atoms with E-state index in [1.54, 1.807) is 6.92 Å². The van der Waals surface area contributed by atoms with Crippen LogP contribution in [0.2, 0.25) is 0 Å². The Morgan fingerprint density at radius 3 is 3.09 bits per heavy atom. The van der Waals surface area contributed by atoms with Crippen LogP contribution in [0.4, 0.5) is 0 Å².